The van der Waals surface area contributed by atoms with Crippen LogP contribution in [0.1, 0.15) is 28.9 Å². The van der Waals surface area contributed by atoms with Gasteiger partial charge in [-0.05, 0) is 37.6 Å². The minimum absolute atomic E-state index is 0.308. The van der Waals surface area contributed by atoms with Crippen LogP contribution >= 0.6 is 0 Å². The monoisotopic (exact) mass is 191 g/mol. The Morgan fingerprint density at radius 3 is 2.57 bits per heavy atom. The quantitative estimate of drug-likeness (QED) is 0.793. The fraction of sp³-hybridized carbons (Fsp3) is 0.273. The van der Waals surface area contributed by atoms with Gasteiger partial charge in [0.05, 0.1) is 6.26 Å². The number of rotatable bonds is 2. The van der Waals surface area contributed by atoms with Gasteiger partial charge in [0.25, 0.3) is 0 Å². The summed E-state index contributed by atoms with van der Waals surface area (Å²) in [6.07, 6.45) is 1.61. The van der Waals surface area contributed by atoms with E-state index in [2.05, 4.69) is 0 Å². The molecule has 0 bridgehead atoms. The topological polar surface area (TPSA) is 52.3 Å². The van der Waals surface area contributed by atoms with E-state index in [-0.39, 0.29) is 6.04 Å². The van der Waals surface area contributed by atoms with Crippen LogP contribution in [0.5, 0.6) is 0 Å². The molecule has 1 unspecified atom stereocenters. The Morgan fingerprint density at radius 1 is 1.29 bits per heavy atom. The summed E-state index contributed by atoms with van der Waals surface area (Å²) in [5.74, 6) is 2.37. The summed E-state index contributed by atoms with van der Waals surface area (Å²) in [7, 11) is 0. The van der Waals surface area contributed by atoms with Crippen LogP contribution in [-0.2, 0) is 0 Å². The third kappa shape index (κ3) is 1.46. The highest BCUT2D eigenvalue weighted by Crippen LogP contribution is 2.23. The van der Waals surface area contributed by atoms with Crippen molar-refractivity contribution in [3.05, 3.63) is 47.3 Å². The highest BCUT2D eigenvalue weighted by Gasteiger charge is 2.16. The maximum Gasteiger partial charge on any atom is 0.128 e. The van der Waals surface area contributed by atoms with Gasteiger partial charge in [0.15, 0.2) is 0 Å². The summed E-state index contributed by atoms with van der Waals surface area (Å²) in [6, 6.07) is 5.30. The average Bonchev–Trinajstić information content (AvgIpc) is 2.76. The second kappa shape index (κ2) is 3.35. The summed E-state index contributed by atoms with van der Waals surface area (Å²) in [6.45, 7) is 3.92. The zero-order valence-electron chi connectivity index (χ0n) is 8.28. The normalized spacial score (nSPS) is 13.1. The average molecular weight is 191 g/mol. The van der Waals surface area contributed by atoms with E-state index in [1.54, 1.807) is 6.26 Å². The van der Waals surface area contributed by atoms with E-state index in [9.17, 15) is 0 Å². The first-order valence-electron chi connectivity index (χ1n) is 4.54. The first-order chi connectivity index (χ1) is 6.68. The number of nitrogens with two attached hydrogens (primary N) is 1. The summed E-state index contributed by atoms with van der Waals surface area (Å²) in [5.41, 5.74) is 7.07. The van der Waals surface area contributed by atoms with E-state index in [1.807, 2.05) is 32.0 Å². The van der Waals surface area contributed by atoms with Crippen molar-refractivity contribution in [1.82, 2.24) is 0 Å². The number of hydrogen-bond acceptors (Lipinski definition) is 3. The lowest BCUT2D eigenvalue weighted by atomic mass is 10.1. The predicted molar refractivity (Wildman–Crippen MR) is 52.9 cm³/mol. The van der Waals surface area contributed by atoms with Crippen LogP contribution in [0.4, 0.5) is 0 Å². The Balaban J connectivity index is 2.32. The maximum absolute atomic E-state index is 5.96. The van der Waals surface area contributed by atoms with Crippen molar-refractivity contribution in [2.24, 2.45) is 5.73 Å². The summed E-state index contributed by atoms with van der Waals surface area (Å²) < 4.78 is 10.7. The third-order valence-electron chi connectivity index (χ3n) is 2.34. The fourth-order valence-electron chi connectivity index (χ4n) is 1.36. The van der Waals surface area contributed by atoms with Gasteiger partial charge in [-0.3, -0.25) is 0 Å². The molecule has 0 radical (unpaired) electrons. The zero-order valence-corrected chi connectivity index (χ0v) is 8.28. The van der Waals surface area contributed by atoms with Crippen LogP contribution < -0.4 is 5.73 Å². The largest absolute Gasteiger partial charge is 0.467 e. The summed E-state index contributed by atoms with van der Waals surface area (Å²) in [5, 5.41) is 0. The second-order valence-corrected chi connectivity index (χ2v) is 3.38. The van der Waals surface area contributed by atoms with E-state index >= 15 is 0 Å². The van der Waals surface area contributed by atoms with Gasteiger partial charge in [0.1, 0.15) is 23.3 Å². The van der Waals surface area contributed by atoms with Gasteiger partial charge in [-0.2, -0.15) is 0 Å². The SMILES string of the molecule is Cc1cc(C(N)c2ccco2)oc1C. The highest BCUT2D eigenvalue weighted by molar-refractivity contribution is 5.25. The Bertz CT molecular complexity index is 395. The minimum atomic E-state index is -0.308. The number of hydrogen-bond donors (Lipinski definition) is 1. The molecule has 14 heavy (non-hydrogen) atoms. The molecule has 2 rings (SSSR count). The molecule has 0 aliphatic heterocycles. The van der Waals surface area contributed by atoms with Gasteiger partial charge in [0.2, 0.25) is 0 Å². The van der Waals surface area contributed by atoms with Gasteiger partial charge in [-0.15, -0.1) is 0 Å². The van der Waals surface area contributed by atoms with Crippen LogP contribution in [0.15, 0.2) is 33.3 Å². The maximum atomic E-state index is 5.96. The van der Waals surface area contributed by atoms with E-state index in [0.29, 0.717) is 0 Å². The van der Waals surface area contributed by atoms with Crippen LogP contribution in [0.25, 0.3) is 0 Å². The Hall–Kier alpha value is -1.48. The van der Waals surface area contributed by atoms with Crippen molar-refractivity contribution in [2.45, 2.75) is 19.9 Å². The van der Waals surface area contributed by atoms with Crippen molar-refractivity contribution < 1.29 is 8.83 Å². The Kier molecular flexibility index (Phi) is 2.17. The first kappa shape index (κ1) is 9.09. The molecular formula is C11H13NO2. The van der Waals surface area contributed by atoms with Crippen molar-refractivity contribution in [3.8, 4) is 0 Å². The molecule has 1 atom stereocenters. The second-order valence-electron chi connectivity index (χ2n) is 3.38. The van der Waals surface area contributed by atoms with Crippen LogP contribution in [0.3, 0.4) is 0 Å². The van der Waals surface area contributed by atoms with Gasteiger partial charge in [0, 0.05) is 0 Å². The molecule has 2 heterocycles. The minimum Gasteiger partial charge on any atom is -0.467 e. The Morgan fingerprint density at radius 2 is 2.07 bits per heavy atom. The molecule has 2 aromatic heterocycles. The van der Waals surface area contributed by atoms with Crippen LogP contribution in [0, 0.1) is 13.8 Å². The lowest BCUT2D eigenvalue weighted by Gasteiger charge is -2.03. The predicted octanol–water partition coefficient (Wildman–Crippen LogP) is 2.54. The van der Waals surface area contributed by atoms with Gasteiger partial charge in [-0.1, -0.05) is 0 Å². The number of aryl methyl sites for hydroxylation is 2. The highest BCUT2D eigenvalue weighted by atomic mass is 16.4. The molecular weight excluding hydrogens is 178 g/mol. The summed E-state index contributed by atoms with van der Waals surface area (Å²) in [4.78, 5) is 0. The lowest BCUT2D eigenvalue weighted by molar-refractivity contribution is 0.420. The molecule has 0 aliphatic rings. The molecule has 0 aliphatic carbocycles. The molecule has 0 saturated heterocycles. The van der Waals surface area contributed by atoms with Gasteiger partial charge in [-0.25, -0.2) is 0 Å². The van der Waals surface area contributed by atoms with E-state index in [0.717, 1.165) is 22.8 Å². The molecule has 0 aromatic carbocycles. The molecule has 0 amide bonds. The summed E-state index contributed by atoms with van der Waals surface area (Å²) >= 11 is 0. The van der Waals surface area contributed by atoms with Crippen molar-refractivity contribution in [2.75, 3.05) is 0 Å². The molecule has 0 fully saturated rings. The van der Waals surface area contributed by atoms with Crippen molar-refractivity contribution in [1.29, 1.82) is 0 Å². The molecule has 3 heteroatoms. The smallest absolute Gasteiger partial charge is 0.128 e. The molecule has 74 valence electrons. The first-order valence-corrected chi connectivity index (χ1v) is 4.54. The molecule has 2 N–H and O–H groups in total. The van der Waals surface area contributed by atoms with Crippen molar-refractivity contribution >= 4 is 0 Å². The third-order valence-corrected chi connectivity index (χ3v) is 2.34. The van der Waals surface area contributed by atoms with E-state index in [1.165, 1.54) is 0 Å². The fourth-order valence-corrected chi connectivity index (χ4v) is 1.36. The van der Waals surface area contributed by atoms with Gasteiger partial charge >= 0.3 is 0 Å². The molecule has 0 spiro atoms. The Labute approximate surface area is 82.5 Å². The molecule has 0 saturated carbocycles. The molecule has 2 aromatic rings. The van der Waals surface area contributed by atoms with Gasteiger partial charge < -0.3 is 14.6 Å². The van der Waals surface area contributed by atoms with Crippen LogP contribution in [0.2, 0.25) is 0 Å². The van der Waals surface area contributed by atoms with Crippen LogP contribution in [-0.4, -0.2) is 0 Å². The standard InChI is InChI=1S/C11H13NO2/c1-7-6-10(14-8(7)2)11(12)9-4-3-5-13-9/h3-6,11H,12H2,1-2H3. The van der Waals surface area contributed by atoms with E-state index < -0.39 is 0 Å². The zero-order chi connectivity index (χ0) is 10.1. The lowest BCUT2D eigenvalue weighted by Crippen LogP contribution is -2.09. The molecule has 3 nitrogen and oxygen atoms in total. The van der Waals surface area contributed by atoms with E-state index in [4.69, 9.17) is 14.6 Å². The number of furan rings is 2. The van der Waals surface area contributed by atoms with Crippen molar-refractivity contribution in [3.63, 3.8) is 0 Å².